The highest BCUT2D eigenvalue weighted by Gasteiger charge is 2.18. The summed E-state index contributed by atoms with van der Waals surface area (Å²) in [5, 5.41) is 6.67. The van der Waals surface area contributed by atoms with Gasteiger partial charge in [-0.15, -0.1) is 0 Å². The molecule has 0 saturated carbocycles. The first-order valence-electron chi connectivity index (χ1n) is 10.7. The average molecular weight is 495 g/mol. The second kappa shape index (κ2) is 12.0. The number of hydrogen-bond acceptors (Lipinski definition) is 7. The molecule has 180 valence electrons. The van der Waals surface area contributed by atoms with Crippen molar-refractivity contribution in [1.29, 1.82) is 0 Å². The van der Waals surface area contributed by atoms with Crippen LogP contribution in [-0.2, 0) is 14.8 Å². The van der Waals surface area contributed by atoms with Gasteiger partial charge >= 0.3 is 0 Å². The molecule has 2 aromatic rings. The Morgan fingerprint density at radius 2 is 1.88 bits per heavy atom. The third-order valence-electron chi connectivity index (χ3n) is 4.97. The maximum absolute atomic E-state index is 12.8. The molecule has 1 saturated heterocycles. The van der Waals surface area contributed by atoms with Gasteiger partial charge in [-0.1, -0.05) is 0 Å². The molecule has 1 fully saturated rings. The second-order valence-corrected chi connectivity index (χ2v) is 9.35. The molecular formula is C22H30N4O5S2. The van der Waals surface area contributed by atoms with Crippen LogP contribution < -0.4 is 24.8 Å². The van der Waals surface area contributed by atoms with Gasteiger partial charge in [0.25, 0.3) is 10.0 Å². The van der Waals surface area contributed by atoms with Crippen LogP contribution in [0.2, 0.25) is 0 Å². The van der Waals surface area contributed by atoms with Crippen molar-refractivity contribution in [2.75, 3.05) is 63.1 Å². The molecule has 3 N–H and O–H groups in total. The van der Waals surface area contributed by atoms with Crippen molar-refractivity contribution in [3.05, 3.63) is 42.5 Å². The van der Waals surface area contributed by atoms with Gasteiger partial charge in [-0.2, -0.15) is 0 Å². The zero-order valence-corrected chi connectivity index (χ0v) is 20.4. The van der Waals surface area contributed by atoms with E-state index in [4.69, 9.17) is 26.4 Å². The van der Waals surface area contributed by atoms with Crippen molar-refractivity contribution in [3.63, 3.8) is 0 Å². The molecule has 33 heavy (non-hydrogen) atoms. The van der Waals surface area contributed by atoms with E-state index in [1.807, 2.05) is 6.92 Å². The predicted molar refractivity (Wildman–Crippen MR) is 133 cm³/mol. The Morgan fingerprint density at radius 1 is 1.15 bits per heavy atom. The number of benzene rings is 2. The average Bonchev–Trinajstić information content (AvgIpc) is 2.81. The molecule has 3 rings (SSSR count). The van der Waals surface area contributed by atoms with Crippen LogP contribution in [-0.4, -0.2) is 71.5 Å². The molecule has 0 spiro atoms. The van der Waals surface area contributed by atoms with E-state index in [9.17, 15) is 8.42 Å². The summed E-state index contributed by atoms with van der Waals surface area (Å²) in [4.78, 5) is 2.38. The fourth-order valence-corrected chi connectivity index (χ4v) is 4.55. The van der Waals surface area contributed by atoms with Crippen LogP contribution in [0.25, 0.3) is 0 Å². The summed E-state index contributed by atoms with van der Waals surface area (Å²) in [5.41, 5.74) is 1.01. The Morgan fingerprint density at radius 3 is 2.55 bits per heavy atom. The monoisotopic (exact) mass is 494 g/mol. The Kier molecular flexibility index (Phi) is 9.12. The summed E-state index contributed by atoms with van der Waals surface area (Å²) in [6, 6.07) is 11.3. The smallest absolute Gasteiger partial charge is 0.262 e. The summed E-state index contributed by atoms with van der Waals surface area (Å²) in [6.07, 6.45) is 0. The number of ether oxygens (including phenoxy) is 3. The number of rotatable bonds is 10. The van der Waals surface area contributed by atoms with E-state index in [1.165, 1.54) is 19.2 Å². The number of methoxy groups -OCH3 is 1. The maximum atomic E-state index is 12.8. The van der Waals surface area contributed by atoms with Gasteiger partial charge in [0.2, 0.25) is 0 Å². The van der Waals surface area contributed by atoms with Gasteiger partial charge in [0, 0.05) is 37.9 Å². The third kappa shape index (κ3) is 7.46. The Balaban J connectivity index is 1.59. The van der Waals surface area contributed by atoms with Crippen LogP contribution in [0.1, 0.15) is 6.92 Å². The summed E-state index contributed by atoms with van der Waals surface area (Å²) >= 11 is 5.37. The number of anilines is 2. The molecule has 0 aliphatic carbocycles. The summed E-state index contributed by atoms with van der Waals surface area (Å²) < 4.78 is 44.4. The summed E-state index contributed by atoms with van der Waals surface area (Å²) in [6.45, 7) is 7.30. The third-order valence-corrected chi connectivity index (χ3v) is 6.59. The van der Waals surface area contributed by atoms with Crippen molar-refractivity contribution in [1.82, 2.24) is 10.2 Å². The largest absolute Gasteiger partial charge is 0.495 e. The Bertz CT molecular complexity index is 1030. The number of hydrogen-bond donors (Lipinski definition) is 3. The van der Waals surface area contributed by atoms with Gasteiger partial charge in [-0.3, -0.25) is 9.62 Å². The van der Waals surface area contributed by atoms with Gasteiger partial charge in [-0.25, -0.2) is 8.42 Å². The first kappa shape index (κ1) is 25.0. The van der Waals surface area contributed by atoms with Crippen molar-refractivity contribution in [2.45, 2.75) is 11.8 Å². The second-order valence-electron chi connectivity index (χ2n) is 7.26. The van der Waals surface area contributed by atoms with Crippen LogP contribution in [0, 0.1) is 0 Å². The van der Waals surface area contributed by atoms with Crippen molar-refractivity contribution >= 4 is 38.7 Å². The lowest BCUT2D eigenvalue weighted by Gasteiger charge is -2.26. The fourth-order valence-electron chi connectivity index (χ4n) is 3.26. The molecule has 0 atom stereocenters. The highest BCUT2D eigenvalue weighted by atomic mass is 32.2. The lowest BCUT2D eigenvalue weighted by atomic mass is 10.3. The summed E-state index contributed by atoms with van der Waals surface area (Å²) in [5.74, 6) is 1.04. The van der Waals surface area contributed by atoms with Gasteiger partial charge < -0.3 is 24.8 Å². The van der Waals surface area contributed by atoms with E-state index in [1.54, 1.807) is 30.3 Å². The standard InChI is InChI=1S/C22H30N4O5S2/c1-3-31-18-6-4-17(5-7-18)25-33(27,28)19-8-9-20(21(16-19)29-2)24-22(32)23-10-11-26-12-14-30-15-13-26/h4-9,16,25H,3,10-15H2,1-2H3,(H2,23,24,32). The number of nitrogens with zero attached hydrogens (tertiary/aromatic N) is 1. The van der Waals surface area contributed by atoms with Crippen molar-refractivity contribution < 1.29 is 22.6 Å². The zero-order chi connectivity index (χ0) is 23.7. The SMILES string of the molecule is CCOc1ccc(NS(=O)(=O)c2ccc(NC(=S)NCCN3CCOCC3)c(OC)c2)cc1. The Labute approximate surface area is 200 Å². The van der Waals surface area contributed by atoms with E-state index < -0.39 is 10.0 Å². The minimum absolute atomic E-state index is 0.0741. The van der Waals surface area contributed by atoms with E-state index in [0.29, 0.717) is 41.1 Å². The van der Waals surface area contributed by atoms with Crippen molar-refractivity contribution in [2.24, 2.45) is 0 Å². The van der Waals surface area contributed by atoms with Gasteiger partial charge in [0.05, 0.1) is 37.5 Å². The predicted octanol–water partition coefficient (Wildman–Crippen LogP) is 2.51. The van der Waals surface area contributed by atoms with Crippen LogP contribution >= 0.6 is 12.2 Å². The molecule has 0 amide bonds. The molecular weight excluding hydrogens is 464 g/mol. The molecule has 1 heterocycles. The van der Waals surface area contributed by atoms with E-state index in [0.717, 1.165) is 32.8 Å². The maximum Gasteiger partial charge on any atom is 0.262 e. The molecule has 1 aliphatic rings. The molecule has 0 aromatic heterocycles. The minimum Gasteiger partial charge on any atom is -0.495 e. The highest BCUT2D eigenvalue weighted by Crippen LogP contribution is 2.29. The Hall–Kier alpha value is -2.60. The molecule has 0 unspecified atom stereocenters. The lowest BCUT2D eigenvalue weighted by Crippen LogP contribution is -2.42. The number of sulfonamides is 1. The van der Waals surface area contributed by atoms with E-state index in [2.05, 4.69) is 20.3 Å². The molecule has 1 aliphatic heterocycles. The zero-order valence-electron chi connectivity index (χ0n) is 18.8. The molecule has 9 nitrogen and oxygen atoms in total. The normalized spacial score (nSPS) is 14.4. The van der Waals surface area contributed by atoms with Crippen LogP contribution in [0.3, 0.4) is 0 Å². The fraction of sp³-hybridized carbons (Fsp3) is 0.409. The van der Waals surface area contributed by atoms with Gasteiger partial charge in [-0.05, 0) is 55.5 Å². The topological polar surface area (TPSA) is 101 Å². The molecule has 11 heteroatoms. The molecule has 0 bridgehead atoms. The molecule has 2 aromatic carbocycles. The number of nitrogens with one attached hydrogen (secondary N) is 3. The highest BCUT2D eigenvalue weighted by molar-refractivity contribution is 7.92. The van der Waals surface area contributed by atoms with E-state index >= 15 is 0 Å². The minimum atomic E-state index is -3.81. The van der Waals surface area contributed by atoms with Crippen LogP contribution in [0.5, 0.6) is 11.5 Å². The lowest BCUT2D eigenvalue weighted by molar-refractivity contribution is 0.0389. The van der Waals surface area contributed by atoms with Crippen LogP contribution in [0.15, 0.2) is 47.4 Å². The first-order valence-corrected chi connectivity index (χ1v) is 12.6. The number of thiocarbonyl (C=S) groups is 1. The van der Waals surface area contributed by atoms with Crippen molar-refractivity contribution in [3.8, 4) is 11.5 Å². The van der Waals surface area contributed by atoms with Crippen LogP contribution in [0.4, 0.5) is 11.4 Å². The van der Waals surface area contributed by atoms with Gasteiger partial charge in [0.15, 0.2) is 5.11 Å². The van der Waals surface area contributed by atoms with E-state index in [-0.39, 0.29) is 4.90 Å². The number of morpholine rings is 1. The quantitative estimate of drug-likeness (QED) is 0.430. The first-order chi connectivity index (χ1) is 15.9. The molecule has 0 radical (unpaired) electrons. The van der Waals surface area contributed by atoms with Gasteiger partial charge in [0.1, 0.15) is 11.5 Å². The summed E-state index contributed by atoms with van der Waals surface area (Å²) in [7, 11) is -2.33.